The topological polar surface area (TPSA) is 92.9 Å². The zero-order chi connectivity index (χ0) is 18.5. The van der Waals surface area contributed by atoms with Crippen LogP contribution < -0.4 is 0 Å². The van der Waals surface area contributed by atoms with E-state index < -0.39 is 11.9 Å². The number of piperidine rings is 1. The van der Waals surface area contributed by atoms with Crippen LogP contribution in [0.25, 0.3) is 11.0 Å². The maximum atomic E-state index is 13.2. The molecular weight excluding hydrogens is 343 g/mol. The predicted octanol–water partition coefficient (Wildman–Crippen LogP) is 2.33. The molecule has 2 heterocycles. The maximum Gasteiger partial charge on any atom is 0.331 e. The van der Waals surface area contributed by atoms with Gasteiger partial charge >= 0.3 is 11.9 Å². The number of nitrogens with zero attached hydrogens (tertiary/aromatic N) is 2. The van der Waals surface area contributed by atoms with Gasteiger partial charge < -0.3 is 14.4 Å². The number of likely N-dealkylation sites (tertiary alicyclic amines) is 1. The molecule has 138 valence electrons. The van der Waals surface area contributed by atoms with Crippen LogP contribution in [0.4, 0.5) is 4.39 Å². The van der Waals surface area contributed by atoms with E-state index in [1.807, 2.05) is 0 Å². The highest BCUT2D eigenvalue weighted by molar-refractivity contribution is 5.90. The molecule has 0 atom stereocenters. The van der Waals surface area contributed by atoms with Gasteiger partial charge in [-0.25, -0.2) is 14.0 Å². The molecule has 1 N–H and O–H groups in total. The van der Waals surface area contributed by atoms with Crippen LogP contribution in [-0.2, 0) is 14.3 Å². The van der Waals surface area contributed by atoms with Gasteiger partial charge in [0.2, 0.25) is 0 Å². The van der Waals surface area contributed by atoms with E-state index in [0.717, 1.165) is 49.2 Å². The molecule has 0 aliphatic carbocycles. The number of aliphatic carboxylic acids is 1. The minimum atomic E-state index is -1.19. The number of carbonyl (C=O) groups is 2. The second-order valence-electron chi connectivity index (χ2n) is 6.16. The fourth-order valence-corrected chi connectivity index (χ4v) is 3.12. The van der Waals surface area contributed by atoms with Gasteiger partial charge in [0.05, 0.1) is 5.69 Å². The van der Waals surface area contributed by atoms with Gasteiger partial charge in [-0.3, -0.25) is 4.90 Å². The van der Waals surface area contributed by atoms with Gasteiger partial charge in [0.15, 0.2) is 5.58 Å². The van der Waals surface area contributed by atoms with Crippen LogP contribution in [0.2, 0.25) is 0 Å². The summed E-state index contributed by atoms with van der Waals surface area (Å²) in [5.41, 5.74) is 1.33. The first-order chi connectivity index (χ1) is 12.5. The Labute approximate surface area is 149 Å². The molecule has 0 unspecified atom stereocenters. The molecule has 26 heavy (non-hydrogen) atoms. The SMILES string of the molecule is O=C(O)/C=C/C(=O)OCCN1CCC(c2noc3cc(F)ccc23)CC1. The Morgan fingerprint density at radius 1 is 1.35 bits per heavy atom. The molecule has 0 amide bonds. The molecule has 8 heteroatoms. The van der Waals surface area contributed by atoms with Crippen molar-refractivity contribution in [2.24, 2.45) is 0 Å². The van der Waals surface area contributed by atoms with Gasteiger partial charge in [-0.2, -0.15) is 0 Å². The van der Waals surface area contributed by atoms with Crippen LogP contribution in [0.1, 0.15) is 24.5 Å². The molecule has 1 fully saturated rings. The lowest BCUT2D eigenvalue weighted by Crippen LogP contribution is -2.35. The summed E-state index contributed by atoms with van der Waals surface area (Å²) in [7, 11) is 0. The number of hydrogen-bond donors (Lipinski definition) is 1. The first-order valence-corrected chi connectivity index (χ1v) is 8.38. The minimum Gasteiger partial charge on any atom is -0.478 e. The van der Waals surface area contributed by atoms with E-state index in [4.69, 9.17) is 14.4 Å². The highest BCUT2D eigenvalue weighted by Crippen LogP contribution is 2.32. The third-order valence-electron chi connectivity index (χ3n) is 4.45. The van der Waals surface area contributed by atoms with Gasteiger partial charge in [-0.1, -0.05) is 5.16 Å². The number of carboxylic acids is 1. The number of hydrogen-bond acceptors (Lipinski definition) is 6. The number of carbonyl (C=O) groups excluding carboxylic acids is 1. The number of ether oxygens (including phenoxy) is 1. The Morgan fingerprint density at radius 3 is 2.85 bits per heavy atom. The van der Waals surface area contributed by atoms with Crippen molar-refractivity contribution in [3.05, 3.63) is 41.9 Å². The third-order valence-corrected chi connectivity index (χ3v) is 4.45. The number of halogens is 1. The average Bonchev–Trinajstić information content (AvgIpc) is 3.03. The largest absolute Gasteiger partial charge is 0.478 e. The number of esters is 1. The van der Waals surface area contributed by atoms with E-state index in [1.165, 1.54) is 12.1 Å². The van der Waals surface area contributed by atoms with Crippen molar-refractivity contribution in [1.29, 1.82) is 0 Å². The van der Waals surface area contributed by atoms with E-state index in [0.29, 0.717) is 12.1 Å². The molecule has 0 spiro atoms. The molecule has 7 nitrogen and oxygen atoms in total. The molecule has 1 aliphatic heterocycles. The average molecular weight is 362 g/mol. The maximum absolute atomic E-state index is 13.2. The van der Waals surface area contributed by atoms with Crippen molar-refractivity contribution < 1.29 is 28.3 Å². The fourth-order valence-electron chi connectivity index (χ4n) is 3.12. The molecule has 0 saturated carbocycles. The number of benzene rings is 1. The van der Waals surface area contributed by atoms with Crippen molar-refractivity contribution in [3.8, 4) is 0 Å². The van der Waals surface area contributed by atoms with E-state index in [1.54, 1.807) is 6.07 Å². The van der Waals surface area contributed by atoms with Crippen molar-refractivity contribution in [2.75, 3.05) is 26.2 Å². The Hall–Kier alpha value is -2.74. The van der Waals surface area contributed by atoms with Gasteiger partial charge in [0, 0.05) is 36.1 Å². The van der Waals surface area contributed by atoms with Crippen molar-refractivity contribution >= 4 is 22.9 Å². The van der Waals surface area contributed by atoms with Crippen LogP contribution in [0.3, 0.4) is 0 Å². The molecule has 1 saturated heterocycles. The number of aromatic nitrogens is 1. The van der Waals surface area contributed by atoms with Gasteiger partial charge in [-0.15, -0.1) is 0 Å². The van der Waals surface area contributed by atoms with Crippen LogP contribution >= 0.6 is 0 Å². The lowest BCUT2D eigenvalue weighted by Gasteiger charge is -2.30. The summed E-state index contributed by atoms with van der Waals surface area (Å²) in [4.78, 5) is 23.8. The van der Waals surface area contributed by atoms with Crippen LogP contribution in [-0.4, -0.2) is 53.3 Å². The molecule has 1 aromatic heterocycles. The Morgan fingerprint density at radius 2 is 2.12 bits per heavy atom. The van der Waals surface area contributed by atoms with Crippen molar-refractivity contribution in [3.63, 3.8) is 0 Å². The highest BCUT2D eigenvalue weighted by atomic mass is 19.1. The summed E-state index contributed by atoms with van der Waals surface area (Å²) in [5, 5.41) is 13.4. The smallest absolute Gasteiger partial charge is 0.331 e. The molecular formula is C18H19FN2O5. The summed E-state index contributed by atoms with van der Waals surface area (Å²) in [5.74, 6) is -1.95. The Bertz CT molecular complexity index is 824. The molecule has 0 bridgehead atoms. The first kappa shape index (κ1) is 18.1. The zero-order valence-electron chi connectivity index (χ0n) is 14.1. The number of rotatable bonds is 6. The third kappa shape index (κ3) is 4.45. The van der Waals surface area contributed by atoms with Gasteiger partial charge in [0.1, 0.15) is 12.4 Å². The lowest BCUT2D eigenvalue weighted by atomic mass is 9.91. The quantitative estimate of drug-likeness (QED) is 0.623. The number of fused-ring (bicyclic) bond motifs is 1. The van der Waals surface area contributed by atoms with Crippen molar-refractivity contribution in [1.82, 2.24) is 10.1 Å². The molecule has 1 aliphatic rings. The van der Waals surface area contributed by atoms with Gasteiger partial charge in [0.25, 0.3) is 0 Å². The summed E-state index contributed by atoms with van der Waals surface area (Å²) in [6.07, 6.45) is 3.41. The first-order valence-electron chi connectivity index (χ1n) is 8.38. The standard InChI is InChI=1S/C18H19FN2O5/c19-13-1-2-14-15(11-13)26-20-18(14)12-5-7-21(8-6-12)9-10-25-17(24)4-3-16(22)23/h1-4,11-12H,5-10H2,(H,22,23)/b4-3+. The molecule has 2 aromatic rings. The lowest BCUT2D eigenvalue weighted by molar-refractivity contribution is -0.139. The predicted molar refractivity (Wildman–Crippen MR) is 90.1 cm³/mol. The van der Waals surface area contributed by atoms with Crippen LogP contribution in [0.15, 0.2) is 34.9 Å². The fraction of sp³-hybridized carbons (Fsp3) is 0.389. The monoisotopic (exact) mass is 362 g/mol. The second-order valence-corrected chi connectivity index (χ2v) is 6.16. The molecule has 0 radical (unpaired) electrons. The Balaban J connectivity index is 1.47. The Kier molecular flexibility index (Phi) is 5.62. The summed E-state index contributed by atoms with van der Waals surface area (Å²) in [6, 6.07) is 4.45. The zero-order valence-corrected chi connectivity index (χ0v) is 14.1. The van der Waals surface area contributed by atoms with Gasteiger partial charge in [-0.05, 0) is 38.1 Å². The minimum absolute atomic E-state index is 0.208. The van der Waals surface area contributed by atoms with E-state index in [2.05, 4.69) is 10.1 Å². The number of carboxylic acid groups (broad SMARTS) is 1. The van der Waals surface area contributed by atoms with E-state index in [-0.39, 0.29) is 18.3 Å². The second kappa shape index (κ2) is 8.09. The summed E-state index contributed by atoms with van der Waals surface area (Å²) >= 11 is 0. The molecule has 3 rings (SSSR count). The summed E-state index contributed by atoms with van der Waals surface area (Å²) in [6.45, 7) is 2.44. The summed E-state index contributed by atoms with van der Waals surface area (Å²) < 4.78 is 23.4. The van der Waals surface area contributed by atoms with Crippen LogP contribution in [0.5, 0.6) is 0 Å². The molecule has 1 aromatic carbocycles. The van der Waals surface area contributed by atoms with E-state index >= 15 is 0 Å². The normalized spacial score (nSPS) is 16.3. The van der Waals surface area contributed by atoms with Crippen molar-refractivity contribution in [2.45, 2.75) is 18.8 Å². The van der Waals surface area contributed by atoms with E-state index in [9.17, 15) is 14.0 Å². The highest BCUT2D eigenvalue weighted by Gasteiger charge is 2.25. The van der Waals surface area contributed by atoms with Crippen LogP contribution in [0, 0.1) is 5.82 Å².